The molecule has 3 aromatic rings. The predicted molar refractivity (Wildman–Crippen MR) is 90.7 cm³/mol. The van der Waals surface area contributed by atoms with Crippen LogP contribution in [0, 0.1) is 5.92 Å². The molecule has 0 fully saturated rings. The lowest BCUT2D eigenvalue weighted by Crippen LogP contribution is -2.09. The van der Waals surface area contributed by atoms with Crippen LogP contribution in [0.1, 0.15) is 39.4 Å². The van der Waals surface area contributed by atoms with Crippen LogP contribution in [0.15, 0.2) is 18.5 Å². The third-order valence-electron chi connectivity index (χ3n) is 3.89. The second-order valence-electron chi connectivity index (χ2n) is 6.22. The first-order chi connectivity index (χ1) is 10.6. The lowest BCUT2D eigenvalue weighted by atomic mass is 10.2. The number of anilines is 1. The highest BCUT2D eigenvalue weighted by Gasteiger charge is 2.17. The largest absolute Gasteiger partial charge is 0.382 e. The minimum atomic E-state index is 0.496. The molecule has 3 rings (SSSR count). The number of pyridine rings is 2. The number of nitrogen functional groups attached to an aromatic ring is 1. The van der Waals surface area contributed by atoms with Gasteiger partial charge in [-0.2, -0.15) is 0 Å². The molecule has 0 radical (unpaired) electrons. The Morgan fingerprint density at radius 3 is 2.82 bits per heavy atom. The second kappa shape index (κ2) is 5.91. The highest BCUT2D eigenvalue weighted by atomic mass is 15.1. The van der Waals surface area contributed by atoms with E-state index in [-0.39, 0.29) is 0 Å². The molecule has 0 spiro atoms. The average Bonchev–Trinajstić information content (AvgIpc) is 2.84. The summed E-state index contributed by atoms with van der Waals surface area (Å²) < 4.78 is 2.33. The highest BCUT2D eigenvalue weighted by Crippen LogP contribution is 2.29. The zero-order valence-corrected chi connectivity index (χ0v) is 13.5. The van der Waals surface area contributed by atoms with Crippen LogP contribution in [-0.2, 0) is 13.0 Å². The first kappa shape index (κ1) is 14.8. The zero-order valence-electron chi connectivity index (χ0n) is 13.5. The average molecular weight is 297 g/mol. The van der Waals surface area contributed by atoms with Crippen LogP contribution in [0.5, 0.6) is 0 Å². The third-order valence-corrected chi connectivity index (χ3v) is 3.89. The number of nitrogens with zero attached hydrogens (tertiary/aromatic N) is 4. The minimum Gasteiger partial charge on any atom is -0.382 e. The van der Waals surface area contributed by atoms with Gasteiger partial charge in [0.05, 0.1) is 17.2 Å². The van der Waals surface area contributed by atoms with E-state index in [1.165, 1.54) is 0 Å². The fourth-order valence-electron chi connectivity index (χ4n) is 2.90. The molecule has 0 amide bonds. The maximum atomic E-state index is 6.15. The van der Waals surface area contributed by atoms with Crippen LogP contribution in [0.2, 0.25) is 0 Å². The fourth-order valence-corrected chi connectivity index (χ4v) is 2.90. The van der Waals surface area contributed by atoms with Gasteiger partial charge in [0.1, 0.15) is 11.3 Å². The standard InChI is InChI=1S/C17H23N5/c1-4-5-6-14-21-15-16(22(14)10-11(2)3)12-7-8-19-9-13(12)20-17(15)18/h7-9,11H,4-6,10H2,1-3H3,(H2,18,20). The van der Waals surface area contributed by atoms with E-state index in [1.54, 1.807) is 12.4 Å². The van der Waals surface area contributed by atoms with Gasteiger partial charge in [-0.3, -0.25) is 4.98 Å². The molecule has 5 heteroatoms. The minimum absolute atomic E-state index is 0.496. The third kappa shape index (κ3) is 2.51. The summed E-state index contributed by atoms with van der Waals surface area (Å²) in [5, 5.41) is 1.08. The van der Waals surface area contributed by atoms with E-state index in [2.05, 4.69) is 35.3 Å². The van der Waals surface area contributed by atoms with Crippen molar-refractivity contribution in [3.8, 4) is 0 Å². The molecule has 0 bridgehead atoms. The van der Waals surface area contributed by atoms with Crippen LogP contribution >= 0.6 is 0 Å². The monoisotopic (exact) mass is 297 g/mol. The van der Waals surface area contributed by atoms with Crippen LogP contribution in [0.3, 0.4) is 0 Å². The summed E-state index contributed by atoms with van der Waals surface area (Å²) in [6.07, 6.45) is 6.84. The van der Waals surface area contributed by atoms with E-state index in [1.807, 2.05) is 6.07 Å². The van der Waals surface area contributed by atoms with Crippen molar-refractivity contribution in [1.29, 1.82) is 0 Å². The summed E-state index contributed by atoms with van der Waals surface area (Å²) in [4.78, 5) is 13.4. The highest BCUT2D eigenvalue weighted by molar-refractivity contribution is 6.06. The molecule has 0 aromatic carbocycles. The fraction of sp³-hybridized carbons (Fsp3) is 0.471. The molecule has 2 N–H and O–H groups in total. The first-order valence-electron chi connectivity index (χ1n) is 8.00. The number of imidazole rings is 1. The second-order valence-corrected chi connectivity index (χ2v) is 6.22. The van der Waals surface area contributed by atoms with Crippen molar-refractivity contribution < 1.29 is 0 Å². The molecular formula is C17H23N5. The Hall–Kier alpha value is -2.17. The van der Waals surface area contributed by atoms with Gasteiger partial charge in [-0.25, -0.2) is 9.97 Å². The summed E-state index contributed by atoms with van der Waals surface area (Å²) in [7, 11) is 0. The van der Waals surface area contributed by atoms with E-state index < -0.39 is 0 Å². The number of hydrogen-bond donors (Lipinski definition) is 1. The van der Waals surface area contributed by atoms with Gasteiger partial charge in [0, 0.05) is 24.5 Å². The van der Waals surface area contributed by atoms with Crippen LogP contribution in [-0.4, -0.2) is 19.5 Å². The van der Waals surface area contributed by atoms with Gasteiger partial charge in [0.15, 0.2) is 5.82 Å². The number of hydrogen-bond acceptors (Lipinski definition) is 4. The van der Waals surface area contributed by atoms with Crippen molar-refractivity contribution >= 4 is 27.8 Å². The lowest BCUT2D eigenvalue weighted by molar-refractivity contribution is 0.513. The van der Waals surface area contributed by atoms with Gasteiger partial charge in [0.2, 0.25) is 0 Å². The number of rotatable bonds is 5. The summed E-state index contributed by atoms with van der Waals surface area (Å²) >= 11 is 0. The maximum absolute atomic E-state index is 6.15. The molecule has 0 saturated carbocycles. The van der Waals surface area contributed by atoms with Crippen LogP contribution in [0.4, 0.5) is 5.82 Å². The van der Waals surface area contributed by atoms with Gasteiger partial charge in [-0.05, 0) is 18.4 Å². The summed E-state index contributed by atoms with van der Waals surface area (Å²) in [5.41, 5.74) is 8.91. The molecule has 3 aromatic heterocycles. The summed E-state index contributed by atoms with van der Waals surface area (Å²) in [5.74, 6) is 2.16. The topological polar surface area (TPSA) is 69.6 Å². The zero-order chi connectivity index (χ0) is 15.7. The van der Waals surface area contributed by atoms with E-state index in [0.29, 0.717) is 11.7 Å². The molecule has 0 unspecified atom stereocenters. The Morgan fingerprint density at radius 2 is 2.09 bits per heavy atom. The molecule has 22 heavy (non-hydrogen) atoms. The van der Waals surface area contributed by atoms with Crippen molar-refractivity contribution in [2.24, 2.45) is 5.92 Å². The summed E-state index contributed by atoms with van der Waals surface area (Å²) in [6, 6.07) is 2.01. The molecular weight excluding hydrogens is 274 g/mol. The van der Waals surface area contributed by atoms with Crippen molar-refractivity contribution in [3.05, 3.63) is 24.3 Å². The Labute approximate surface area is 130 Å². The molecule has 0 atom stereocenters. The Morgan fingerprint density at radius 1 is 1.27 bits per heavy atom. The Kier molecular flexibility index (Phi) is 3.96. The lowest BCUT2D eigenvalue weighted by Gasteiger charge is -2.12. The van der Waals surface area contributed by atoms with Gasteiger partial charge >= 0.3 is 0 Å². The number of nitrogens with two attached hydrogens (primary N) is 1. The van der Waals surface area contributed by atoms with Crippen molar-refractivity contribution in [2.45, 2.75) is 46.6 Å². The number of aromatic nitrogens is 4. The SMILES string of the molecule is CCCCc1nc2c(N)nc3cnccc3c2n1CC(C)C. The van der Waals surface area contributed by atoms with Crippen molar-refractivity contribution in [2.75, 3.05) is 5.73 Å². The van der Waals surface area contributed by atoms with Crippen molar-refractivity contribution in [1.82, 2.24) is 19.5 Å². The van der Waals surface area contributed by atoms with Gasteiger partial charge in [-0.1, -0.05) is 27.2 Å². The van der Waals surface area contributed by atoms with Gasteiger partial charge < -0.3 is 10.3 Å². The quantitative estimate of drug-likeness (QED) is 0.781. The molecule has 5 nitrogen and oxygen atoms in total. The first-order valence-corrected chi connectivity index (χ1v) is 8.00. The number of fused-ring (bicyclic) bond motifs is 3. The number of unbranched alkanes of at least 4 members (excludes halogenated alkanes) is 1. The summed E-state index contributed by atoms with van der Waals surface area (Å²) in [6.45, 7) is 7.59. The normalized spacial score (nSPS) is 11.8. The Balaban J connectivity index is 2.32. The van der Waals surface area contributed by atoms with E-state index in [4.69, 9.17) is 10.7 Å². The molecule has 0 aliphatic carbocycles. The van der Waals surface area contributed by atoms with E-state index in [9.17, 15) is 0 Å². The van der Waals surface area contributed by atoms with Gasteiger partial charge in [0.25, 0.3) is 0 Å². The van der Waals surface area contributed by atoms with E-state index in [0.717, 1.165) is 53.6 Å². The molecule has 0 saturated heterocycles. The Bertz CT molecular complexity index is 804. The molecule has 0 aliphatic heterocycles. The van der Waals surface area contributed by atoms with Crippen molar-refractivity contribution in [3.63, 3.8) is 0 Å². The smallest absolute Gasteiger partial charge is 0.152 e. The van der Waals surface area contributed by atoms with E-state index >= 15 is 0 Å². The van der Waals surface area contributed by atoms with Gasteiger partial charge in [-0.15, -0.1) is 0 Å². The maximum Gasteiger partial charge on any atom is 0.152 e. The predicted octanol–water partition coefficient (Wildman–Crippen LogP) is 3.56. The van der Waals surface area contributed by atoms with Crippen LogP contribution < -0.4 is 5.73 Å². The molecule has 116 valence electrons. The van der Waals surface area contributed by atoms with Crippen LogP contribution in [0.25, 0.3) is 21.9 Å². The molecule has 0 aliphatic rings. The molecule has 3 heterocycles. The number of aryl methyl sites for hydroxylation is 1.